The van der Waals surface area contributed by atoms with Crippen molar-refractivity contribution in [1.82, 2.24) is 0 Å². The van der Waals surface area contributed by atoms with Crippen LogP contribution >= 0.6 is 0 Å². The third-order valence-corrected chi connectivity index (χ3v) is 0. The second-order valence-corrected chi connectivity index (χ2v) is 0.552. The third kappa shape index (κ3) is 1960. The van der Waals surface area contributed by atoms with E-state index >= 15 is 0 Å². The van der Waals surface area contributed by atoms with Crippen molar-refractivity contribution < 1.29 is 15.0 Å². The average Bonchev–Trinajstić information content (AvgIpc) is 1.99. The Morgan fingerprint density at radius 3 is 1.30 bits per heavy atom. The van der Waals surface area contributed by atoms with Gasteiger partial charge in [-0.05, 0) is 13.8 Å². The molecule has 0 aromatic carbocycles. The lowest BCUT2D eigenvalue weighted by molar-refractivity contribution is -0.106. The molecule has 0 saturated heterocycles. The fourth-order valence-electron chi connectivity index (χ4n) is 0. The van der Waals surface area contributed by atoms with E-state index in [0.717, 1.165) is 13.4 Å². The minimum Gasteiger partial charge on any atom is -0.400 e. The molecule has 0 aliphatic heterocycles. The van der Waals surface area contributed by atoms with Crippen molar-refractivity contribution >= 4 is 6.29 Å². The van der Waals surface area contributed by atoms with Crippen molar-refractivity contribution in [3.63, 3.8) is 0 Å². The molecule has 0 aromatic rings. The summed E-state index contributed by atoms with van der Waals surface area (Å²) in [6.07, 6.45) is 0.750. The lowest BCUT2D eigenvalue weighted by atomic mass is 10.9. The monoisotopic (exact) mass is 152 g/mol. The summed E-state index contributed by atoms with van der Waals surface area (Å²) in [5.74, 6) is 0. The van der Waals surface area contributed by atoms with E-state index in [9.17, 15) is 0 Å². The number of hydrogen-bond acceptors (Lipinski definition) is 3. The van der Waals surface area contributed by atoms with Gasteiger partial charge in [-0.3, -0.25) is 0 Å². The van der Waals surface area contributed by atoms with E-state index < -0.39 is 0 Å². The van der Waals surface area contributed by atoms with Gasteiger partial charge < -0.3 is 15.0 Å². The van der Waals surface area contributed by atoms with Gasteiger partial charge in [0.25, 0.3) is 0 Å². The zero-order chi connectivity index (χ0) is 9.41. The molecule has 0 spiro atoms. The van der Waals surface area contributed by atoms with Gasteiger partial charge in [0, 0.05) is 13.7 Å². The van der Waals surface area contributed by atoms with Crippen molar-refractivity contribution in [3.8, 4) is 0 Å². The first kappa shape index (κ1) is 22.6. The number of aliphatic hydroxyl groups excluding tert-OH is 2. The molecular weight excluding hydrogens is 132 g/mol. The summed E-state index contributed by atoms with van der Waals surface area (Å²) in [7, 11) is 1.00. The normalized spacial score (nSPS) is 4.30. The molecule has 0 unspecified atom stereocenters. The van der Waals surface area contributed by atoms with Gasteiger partial charge in [0.2, 0.25) is 0 Å². The number of carbonyl (C=O) groups excluding carboxylic acids is 1. The van der Waals surface area contributed by atoms with Gasteiger partial charge in [0.05, 0.1) is 0 Å². The van der Waals surface area contributed by atoms with Crippen LogP contribution in [0.1, 0.15) is 27.7 Å². The summed E-state index contributed by atoms with van der Waals surface area (Å²) < 4.78 is 0. The van der Waals surface area contributed by atoms with Crippen LogP contribution < -0.4 is 0 Å². The Morgan fingerprint density at radius 2 is 1.30 bits per heavy atom. The first-order valence-corrected chi connectivity index (χ1v) is 3.28. The molecule has 10 heavy (non-hydrogen) atoms. The largest absolute Gasteiger partial charge is 0.400 e. The second kappa shape index (κ2) is 196. The Kier molecular flexibility index (Phi) is 443. The molecule has 0 saturated carbocycles. The van der Waals surface area contributed by atoms with E-state index in [4.69, 9.17) is 15.0 Å². The second-order valence-electron chi connectivity index (χ2n) is 0.552. The fourth-order valence-corrected chi connectivity index (χ4v) is 0. The van der Waals surface area contributed by atoms with Crippen LogP contribution in [0.25, 0.3) is 0 Å². The van der Waals surface area contributed by atoms with Crippen LogP contribution in [-0.4, -0.2) is 30.2 Å². The van der Waals surface area contributed by atoms with Crippen molar-refractivity contribution in [2.24, 2.45) is 0 Å². The minimum atomic E-state index is 0.250. The highest BCUT2D eigenvalue weighted by Crippen LogP contribution is 1.30. The van der Waals surface area contributed by atoms with E-state index in [0.29, 0.717) is 0 Å². The molecule has 0 amide bonds. The molecule has 0 bridgehead atoms. The molecule has 0 aromatic heterocycles. The molecule has 0 fully saturated rings. The Hall–Kier alpha value is -0.410. The van der Waals surface area contributed by atoms with Crippen LogP contribution in [0.5, 0.6) is 0 Å². The van der Waals surface area contributed by atoms with Gasteiger partial charge >= 0.3 is 0 Å². The first-order chi connectivity index (χ1) is 4.83. The predicted molar refractivity (Wildman–Crippen MR) is 44.0 cm³/mol. The zero-order valence-electron chi connectivity index (χ0n) is 7.59. The van der Waals surface area contributed by atoms with Gasteiger partial charge in [0.1, 0.15) is 6.29 Å². The lowest BCUT2D eigenvalue weighted by Gasteiger charge is -1.52. The van der Waals surface area contributed by atoms with Crippen molar-refractivity contribution in [2.75, 3.05) is 13.7 Å². The lowest BCUT2D eigenvalue weighted by Crippen LogP contribution is -1.57. The van der Waals surface area contributed by atoms with Crippen molar-refractivity contribution in [1.29, 1.82) is 0 Å². The zero-order valence-corrected chi connectivity index (χ0v) is 7.59. The molecule has 3 heteroatoms. The van der Waals surface area contributed by atoms with Gasteiger partial charge in [0.15, 0.2) is 0 Å². The molecule has 0 aliphatic rings. The van der Waals surface area contributed by atoms with Crippen LogP contribution in [0.15, 0.2) is 0 Å². The van der Waals surface area contributed by atoms with Crippen LogP contribution in [-0.2, 0) is 4.79 Å². The average molecular weight is 152 g/mol. The molecule has 0 radical (unpaired) electrons. The Bertz CT molecular complexity index is 22.8. The highest BCUT2D eigenvalue weighted by atomic mass is 16.2. The topological polar surface area (TPSA) is 57.5 Å². The fraction of sp³-hybridized carbons (Fsp3) is 0.857. The van der Waals surface area contributed by atoms with Gasteiger partial charge in [-0.25, -0.2) is 0 Å². The van der Waals surface area contributed by atoms with Crippen LogP contribution in [0.4, 0.5) is 0 Å². The molecule has 2 N–H and O–H groups in total. The van der Waals surface area contributed by atoms with Crippen LogP contribution in [0, 0.1) is 0 Å². The first-order valence-electron chi connectivity index (χ1n) is 3.28. The van der Waals surface area contributed by atoms with Crippen molar-refractivity contribution in [2.45, 2.75) is 27.7 Å². The molecule has 0 rings (SSSR count). The van der Waals surface area contributed by atoms with E-state index in [-0.39, 0.29) is 6.61 Å². The maximum absolute atomic E-state index is 8.81. The Morgan fingerprint density at radius 1 is 1.30 bits per heavy atom. The van der Waals surface area contributed by atoms with E-state index in [1.165, 1.54) is 6.92 Å². The summed E-state index contributed by atoms with van der Waals surface area (Å²) in [6.45, 7) is 7.38. The SMILES string of the molecule is CC.CC=O.CCO.CO. The highest BCUT2D eigenvalue weighted by molar-refractivity contribution is 5.44. The smallest absolute Gasteiger partial charge is 0.116 e. The van der Waals surface area contributed by atoms with Crippen LogP contribution in [0.2, 0.25) is 0 Å². The summed E-state index contributed by atoms with van der Waals surface area (Å²) >= 11 is 0. The summed E-state index contributed by atoms with van der Waals surface area (Å²) in [5.41, 5.74) is 0. The maximum atomic E-state index is 8.81. The minimum absolute atomic E-state index is 0.250. The Labute approximate surface area is 63.7 Å². The molecular formula is C7H20O3. The standard InChI is InChI=1S/C2H6O.C2H4O.C2H6.CH4O/c2*1-2-3;2*1-2/h3H,2H2,1H3;2H,1H3;1-2H3;2H,1H3. The highest BCUT2D eigenvalue weighted by Gasteiger charge is 1.34. The summed E-state index contributed by atoms with van der Waals surface area (Å²) in [4.78, 5) is 8.81. The quantitative estimate of drug-likeness (QED) is 0.506. The van der Waals surface area contributed by atoms with Crippen LogP contribution in [0.3, 0.4) is 0 Å². The number of aldehydes is 1. The summed E-state index contributed by atoms with van der Waals surface area (Å²) in [5, 5.41) is 14.6. The molecule has 0 heterocycles. The van der Waals surface area contributed by atoms with Gasteiger partial charge in [-0.1, -0.05) is 13.8 Å². The summed E-state index contributed by atoms with van der Waals surface area (Å²) in [6, 6.07) is 0. The molecule has 0 aliphatic carbocycles. The molecule has 66 valence electrons. The Balaban J connectivity index is -0.0000000246. The third-order valence-electron chi connectivity index (χ3n) is 0. The number of carbonyl (C=O) groups is 1. The van der Waals surface area contributed by atoms with E-state index in [1.807, 2.05) is 13.8 Å². The van der Waals surface area contributed by atoms with E-state index in [2.05, 4.69) is 0 Å². The van der Waals surface area contributed by atoms with Gasteiger partial charge in [-0.15, -0.1) is 0 Å². The number of rotatable bonds is 0. The van der Waals surface area contributed by atoms with Gasteiger partial charge in [-0.2, -0.15) is 0 Å². The maximum Gasteiger partial charge on any atom is 0.116 e. The molecule has 0 atom stereocenters. The predicted octanol–water partition coefficient (Wildman–Crippen LogP) is 0.839. The molecule has 3 nitrogen and oxygen atoms in total. The number of aliphatic hydroxyl groups is 2. The van der Waals surface area contributed by atoms with E-state index in [1.54, 1.807) is 6.92 Å². The number of hydrogen-bond donors (Lipinski definition) is 2. The van der Waals surface area contributed by atoms with Crippen molar-refractivity contribution in [3.05, 3.63) is 0 Å².